The molecule has 0 heterocycles. The van der Waals surface area contributed by atoms with Crippen LogP contribution in [-0.2, 0) is 9.53 Å². The van der Waals surface area contributed by atoms with Crippen LogP contribution in [0, 0.1) is 17.8 Å². The van der Waals surface area contributed by atoms with E-state index in [4.69, 9.17) is 0 Å². The summed E-state index contributed by atoms with van der Waals surface area (Å²) in [6.07, 6.45) is 6.42. The molecule has 92 valence electrons. The molecule has 0 saturated heterocycles. The molecule has 2 saturated carbocycles. The Hall–Kier alpha value is -0.180. The minimum absolute atomic E-state index is 0.0760. The van der Waals surface area contributed by atoms with E-state index in [1.165, 1.54) is 38.5 Å². The topological polar surface area (TPSA) is 26.3 Å². The van der Waals surface area contributed by atoms with Gasteiger partial charge in [0.1, 0.15) is 0 Å². The molecule has 0 aromatic rings. The van der Waals surface area contributed by atoms with Crippen LogP contribution in [0.15, 0.2) is 0 Å². The molecular formula is C13H22O2S. The van der Waals surface area contributed by atoms with E-state index in [-0.39, 0.29) is 5.97 Å². The Labute approximate surface area is 103 Å². The maximum Gasteiger partial charge on any atom is 0.306 e. The van der Waals surface area contributed by atoms with E-state index in [9.17, 15) is 4.79 Å². The van der Waals surface area contributed by atoms with E-state index in [1.807, 2.05) is 11.8 Å². The Balaban J connectivity index is 1.65. The summed E-state index contributed by atoms with van der Waals surface area (Å²) >= 11 is 1.96. The highest BCUT2D eigenvalue weighted by Gasteiger charge is 2.39. The summed E-state index contributed by atoms with van der Waals surface area (Å²) in [5.41, 5.74) is 0. The van der Waals surface area contributed by atoms with Crippen LogP contribution in [-0.4, -0.2) is 24.1 Å². The number of carbonyl (C=O) groups excluding carboxylic acids is 1. The van der Waals surface area contributed by atoms with Crippen molar-refractivity contribution in [2.75, 3.05) is 12.9 Å². The van der Waals surface area contributed by atoms with Gasteiger partial charge in [-0.15, -0.1) is 0 Å². The lowest BCUT2D eigenvalue weighted by molar-refractivity contribution is -0.140. The summed E-state index contributed by atoms with van der Waals surface area (Å²) < 4.78 is 4.69. The van der Waals surface area contributed by atoms with Gasteiger partial charge in [-0.3, -0.25) is 4.79 Å². The van der Waals surface area contributed by atoms with Crippen LogP contribution in [0.1, 0.15) is 39.0 Å². The van der Waals surface area contributed by atoms with Crippen LogP contribution in [0.4, 0.5) is 0 Å². The Kier molecular flexibility index (Phi) is 4.17. The molecule has 0 amide bonds. The molecule has 0 aromatic carbocycles. The van der Waals surface area contributed by atoms with Gasteiger partial charge in [-0.2, -0.15) is 11.8 Å². The third-order valence-corrected chi connectivity index (χ3v) is 5.52. The van der Waals surface area contributed by atoms with E-state index in [0.717, 1.165) is 17.8 Å². The highest BCUT2D eigenvalue weighted by atomic mass is 32.2. The summed E-state index contributed by atoms with van der Waals surface area (Å²) in [7, 11) is 1.47. The molecule has 2 rings (SSSR count). The van der Waals surface area contributed by atoms with Gasteiger partial charge in [-0.1, -0.05) is 13.3 Å². The van der Waals surface area contributed by atoms with Gasteiger partial charge in [-0.25, -0.2) is 0 Å². The van der Waals surface area contributed by atoms with Gasteiger partial charge in [0.05, 0.1) is 13.5 Å². The number of esters is 1. The number of rotatable bonds is 5. The van der Waals surface area contributed by atoms with Crippen molar-refractivity contribution in [2.45, 2.75) is 44.3 Å². The number of hydrogen-bond donors (Lipinski definition) is 0. The van der Waals surface area contributed by atoms with Gasteiger partial charge in [-0.05, 0) is 42.8 Å². The number of methoxy groups -OCH3 is 1. The first-order valence-corrected chi connectivity index (χ1v) is 7.42. The second kappa shape index (κ2) is 5.44. The summed E-state index contributed by atoms with van der Waals surface area (Å²) in [6, 6.07) is 0. The lowest BCUT2D eigenvalue weighted by Crippen LogP contribution is -2.16. The number of ether oxygens (including phenoxy) is 1. The van der Waals surface area contributed by atoms with E-state index in [2.05, 4.69) is 11.7 Å². The van der Waals surface area contributed by atoms with E-state index < -0.39 is 0 Å². The molecular weight excluding hydrogens is 220 g/mol. The van der Waals surface area contributed by atoms with Crippen molar-refractivity contribution in [2.24, 2.45) is 17.8 Å². The second-order valence-electron chi connectivity index (χ2n) is 5.36. The first kappa shape index (κ1) is 12.3. The molecule has 2 bridgehead atoms. The molecule has 0 aliphatic heterocycles. The third-order valence-electron chi connectivity index (χ3n) is 4.16. The summed E-state index contributed by atoms with van der Waals surface area (Å²) in [4.78, 5) is 11.1. The second-order valence-corrected chi connectivity index (χ2v) is 6.83. The fraction of sp³-hybridized carbons (Fsp3) is 0.923. The molecule has 2 nitrogen and oxygen atoms in total. The standard InChI is InChI=1S/C13H22O2S/c1-9(5-13(14)15-2)16-8-12-7-10-3-4-11(12)6-10/h9-12H,3-8H2,1-2H3. The van der Waals surface area contributed by atoms with Gasteiger partial charge in [0, 0.05) is 5.25 Å². The number of carbonyl (C=O) groups is 1. The quantitative estimate of drug-likeness (QED) is 0.693. The molecule has 16 heavy (non-hydrogen) atoms. The number of thioether (sulfide) groups is 1. The minimum Gasteiger partial charge on any atom is -0.469 e. The molecule has 2 aliphatic rings. The minimum atomic E-state index is -0.0760. The molecule has 0 aromatic heterocycles. The van der Waals surface area contributed by atoms with Gasteiger partial charge in [0.15, 0.2) is 0 Å². The van der Waals surface area contributed by atoms with Crippen molar-refractivity contribution in [3.05, 3.63) is 0 Å². The van der Waals surface area contributed by atoms with Gasteiger partial charge in [0.2, 0.25) is 0 Å². The highest BCUT2D eigenvalue weighted by Crippen LogP contribution is 2.49. The molecule has 4 unspecified atom stereocenters. The number of fused-ring (bicyclic) bond motifs is 2. The molecule has 0 spiro atoms. The summed E-state index contributed by atoms with van der Waals surface area (Å²) in [5.74, 6) is 4.14. The monoisotopic (exact) mass is 242 g/mol. The highest BCUT2D eigenvalue weighted by molar-refractivity contribution is 7.99. The van der Waals surface area contributed by atoms with Crippen molar-refractivity contribution >= 4 is 17.7 Å². The fourth-order valence-corrected chi connectivity index (χ4v) is 4.48. The molecule has 2 fully saturated rings. The van der Waals surface area contributed by atoms with Crippen LogP contribution in [0.25, 0.3) is 0 Å². The van der Waals surface area contributed by atoms with E-state index in [0.29, 0.717) is 11.7 Å². The Morgan fingerprint density at radius 3 is 2.81 bits per heavy atom. The molecule has 3 heteroatoms. The molecule has 4 atom stereocenters. The Morgan fingerprint density at radius 1 is 1.44 bits per heavy atom. The van der Waals surface area contributed by atoms with Crippen molar-refractivity contribution in [3.63, 3.8) is 0 Å². The zero-order chi connectivity index (χ0) is 11.5. The fourth-order valence-electron chi connectivity index (χ4n) is 3.25. The summed E-state index contributed by atoms with van der Waals surface area (Å²) in [6.45, 7) is 2.13. The van der Waals surface area contributed by atoms with Gasteiger partial charge >= 0.3 is 5.97 Å². The van der Waals surface area contributed by atoms with Crippen molar-refractivity contribution in [1.29, 1.82) is 0 Å². The van der Waals surface area contributed by atoms with Crippen molar-refractivity contribution in [3.8, 4) is 0 Å². The van der Waals surface area contributed by atoms with E-state index in [1.54, 1.807) is 0 Å². The molecule has 2 aliphatic carbocycles. The zero-order valence-corrected chi connectivity index (χ0v) is 11.1. The zero-order valence-electron chi connectivity index (χ0n) is 10.3. The maximum atomic E-state index is 11.1. The van der Waals surface area contributed by atoms with Gasteiger partial charge < -0.3 is 4.74 Å². The van der Waals surface area contributed by atoms with Crippen LogP contribution >= 0.6 is 11.8 Å². The van der Waals surface area contributed by atoms with Crippen molar-refractivity contribution in [1.82, 2.24) is 0 Å². The molecule has 0 N–H and O–H groups in total. The third kappa shape index (κ3) is 2.93. The predicted molar refractivity (Wildman–Crippen MR) is 67.5 cm³/mol. The van der Waals surface area contributed by atoms with Gasteiger partial charge in [0.25, 0.3) is 0 Å². The Bertz CT molecular complexity index is 254. The van der Waals surface area contributed by atoms with Crippen LogP contribution in [0.2, 0.25) is 0 Å². The normalized spacial score (nSPS) is 34.0. The maximum absolute atomic E-state index is 11.1. The average molecular weight is 242 g/mol. The average Bonchev–Trinajstić information content (AvgIpc) is 2.87. The van der Waals surface area contributed by atoms with Crippen LogP contribution < -0.4 is 0 Å². The smallest absolute Gasteiger partial charge is 0.306 e. The first-order chi connectivity index (χ1) is 7.69. The van der Waals surface area contributed by atoms with Crippen molar-refractivity contribution < 1.29 is 9.53 Å². The lowest BCUT2D eigenvalue weighted by Gasteiger charge is -2.22. The van der Waals surface area contributed by atoms with Crippen LogP contribution in [0.5, 0.6) is 0 Å². The van der Waals surface area contributed by atoms with E-state index >= 15 is 0 Å². The predicted octanol–water partition coefficient (Wildman–Crippen LogP) is 3.11. The van der Waals surface area contributed by atoms with Crippen LogP contribution in [0.3, 0.4) is 0 Å². The first-order valence-electron chi connectivity index (χ1n) is 6.37. The largest absolute Gasteiger partial charge is 0.469 e. The number of hydrogen-bond acceptors (Lipinski definition) is 3. The SMILES string of the molecule is COC(=O)CC(C)SCC1CC2CCC1C2. The lowest BCUT2D eigenvalue weighted by atomic mass is 9.90. The Morgan fingerprint density at radius 2 is 2.25 bits per heavy atom. The summed E-state index contributed by atoms with van der Waals surface area (Å²) in [5, 5.41) is 0.409. The molecule has 0 radical (unpaired) electrons.